The van der Waals surface area contributed by atoms with E-state index < -0.39 is 9.85 Å². The van der Waals surface area contributed by atoms with Crippen molar-refractivity contribution in [1.82, 2.24) is 25.1 Å². The zero-order valence-electron chi connectivity index (χ0n) is 15.9. The van der Waals surface area contributed by atoms with E-state index in [0.717, 1.165) is 39.3 Å². The molecule has 1 saturated heterocycles. The van der Waals surface area contributed by atoms with E-state index >= 15 is 0 Å². The van der Waals surface area contributed by atoms with Crippen molar-refractivity contribution in [2.45, 2.75) is 13.1 Å². The van der Waals surface area contributed by atoms with E-state index in [-0.39, 0.29) is 11.4 Å². The van der Waals surface area contributed by atoms with E-state index in [1.165, 1.54) is 36.7 Å². The SMILES string of the molecule is O=[N+]([O-])c1ccnc(CN2CCNCCN(Cc3cc([N+](=O)[O-])ccn3)CC2)c1. The fourth-order valence-electron chi connectivity index (χ4n) is 3.21. The Morgan fingerprint density at radius 1 is 0.828 bits per heavy atom. The van der Waals surface area contributed by atoms with E-state index in [0.29, 0.717) is 24.5 Å². The number of nitrogens with zero attached hydrogens (tertiary/aromatic N) is 6. The van der Waals surface area contributed by atoms with Crippen LogP contribution in [0, 0.1) is 20.2 Å². The van der Waals surface area contributed by atoms with Crippen LogP contribution in [-0.2, 0) is 13.1 Å². The van der Waals surface area contributed by atoms with Crippen LogP contribution in [0.15, 0.2) is 36.7 Å². The number of hydrogen-bond acceptors (Lipinski definition) is 9. The van der Waals surface area contributed by atoms with Gasteiger partial charge in [-0.25, -0.2) is 0 Å². The maximum absolute atomic E-state index is 11.0. The summed E-state index contributed by atoms with van der Waals surface area (Å²) >= 11 is 0. The summed E-state index contributed by atoms with van der Waals surface area (Å²) in [7, 11) is 0. The molecule has 0 spiro atoms. The first-order chi connectivity index (χ1) is 14.0. The summed E-state index contributed by atoms with van der Waals surface area (Å²) in [5.41, 5.74) is 1.39. The van der Waals surface area contributed by atoms with Gasteiger partial charge in [-0.05, 0) is 0 Å². The molecule has 0 radical (unpaired) electrons. The van der Waals surface area contributed by atoms with E-state index in [4.69, 9.17) is 0 Å². The molecule has 2 aromatic heterocycles. The van der Waals surface area contributed by atoms with Gasteiger partial charge in [0.05, 0.1) is 21.2 Å². The Balaban J connectivity index is 1.63. The normalized spacial score (nSPS) is 16.6. The van der Waals surface area contributed by atoms with Crippen molar-refractivity contribution in [3.05, 3.63) is 68.3 Å². The van der Waals surface area contributed by atoms with Crippen molar-refractivity contribution >= 4 is 11.4 Å². The van der Waals surface area contributed by atoms with Gasteiger partial charge >= 0.3 is 0 Å². The summed E-state index contributed by atoms with van der Waals surface area (Å²) in [5.74, 6) is 0. The fourth-order valence-corrected chi connectivity index (χ4v) is 3.21. The molecule has 154 valence electrons. The van der Waals surface area contributed by atoms with Gasteiger partial charge < -0.3 is 5.32 Å². The molecule has 1 fully saturated rings. The lowest BCUT2D eigenvalue weighted by Gasteiger charge is -2.25. The second-order valence-electron chi connectivity index (χ2n) is 6.83. The summed E-state index contributed by atoms with van der Waals surface area (Å²) < 4.78 is 0. The highest BCUT2D eigenvalue weighted by atomic mass is 16.6. The molecule has 1 aliphatic heterocycles. The molecule has 0 unspecified atom stereocenters. The molecule has 11 nitrogen and oxygen atoms in total. The Bertz CT molecular complexity index is 794. The lowest BCUT2D eigenvalue weighted by atomic mass is 10.2. The number of hydrogen-bond donors (Lipinski definition) is 1. The lowest BCUT2D eigenvalue weighted by Crippen LogP contribution is -2.35. The monoisotopic (exact) mass is 401 g/mol. The molecule has 0 aliphatic carbocycles. The molecule has 11 heteroatoms. The average Bonchev–Trinajstić information content (AvgIpc) is 2.81. The van der Waals surface area contributed by atoms with Gasteiger partial charge in [0.1, 0.15) is 0 Å². The van der Waals surface area contributed by atoms with Gasteiger partial charge in [-0.15, -0.1) is 0 Å². The Morgan fingerprint density at radius 3 is 1.69 bits per heavy atom. The minimum absolute atomic E-state index is 0.0377. The molecule has 3 heterocycles. The summed E-state index contributed by atoms with van der Waals surface area (Å²) in [6.07, 6.45) is 2.92. The Kier molecular flexibility index (Phi) is 7.11. The maximum atomic E-state index is 11.0. The van der Waals surface area contributed by atoms with Crippen LogP contribution in [-0.4, -0.2) is 68.9 Å². The molecule has 0 bridgehead atoms. The minimum atomic E-state index is -0.418. The first-order valence-electron chi connectivity index (χ1n) is 9.35. The lowest BCUT2D eigenvalue weighted by molar-refractivity contribution is -0.385. The van der Waals surface area contributed by atoms with E-state index in [2.05, 4.69) is 25.1 Å². The second kappa shape index (κ2) is 9.96. The predicted octanol–water partition coefficient (Wildman–Crippen LogP) is 1.20. The van der Waals surface area contributed by atoms with E-state index in [9.17, 15) is 20.2 Å². The van der Waals surface area contributed by atoms with Crippen LogP contribution < -0.4 is 5.32 Å². The molecular formula is C18H23N7O4. The van der Waals surface area contributed by atoms with Crippen molar-refractivity contribution in [3.8, 4) is 0 Å². The summed E-state index contributed by atoms with van der Waals surface area (Å²) in [6.45, 7) is 5.75. The maximum Gasteiger partial charge on any atom is 0.272 e. The molecule has 0 saturated carbocycles. The van der Waals surface area contributed by atoms with Gasteiger partial charge in [0.25, 0.3) is 11.4 Å². The smallest absolute Gasteiger partial charge is 0.272 e. The van der Waals surface area contributed by atoms with Crippen LogP contribution in [0.5, 0.6) is 0 Å². The van der Waals surface area contributed by atoms with E-state index in [1.807, 2.05) is 0 Å². The van der Waals surface area contributed by atoms with Crippen LogP contribution in [0.1, 0.15) is 11.4 Å². The first-order valence-corrected chi connectivity index (χ1v) is 9.35. The standard InChI is InChI=1S/C18H23N7O4/c26-24(27)17-1-3-20-15(11-17)13-22-7-5-19-6-8-23(10-9-22)14-16-12-18(25(28)29)2-4-21-16/h1-4,11-12,19H,5-10,13-14H2. The topological polar surface area (TPSA) is 131 Å². The number of nitro groups is 2. The van der Waals surface area contributed by atoms with Crippen LogP contribution in [0.2, 0.25) is 0 Å². The summed E-state index contributed by atoms with van der Waals surface area (Å²) in [6, 6.07) is 5.78. The van der Waals surface area contributed by atoms with Crippen molar-refractivity contribution in [2.75, 3.05) is 39.3 Å². The molecule has 29 heavy (non-hydrogen) atoms. The second-order valence-corrected chi connectivity index (χ2v) is 6.83. The molecule has 1 aliphatic rings. The van der Waals surface area contributed by atoms with Gasteiger partial charge in [-0.3, -0.25) is 40.0 Å². The minimum Gasteiger partial charge on any atom is -0.314 e. The molecule has 2 aromatic rings. The molecule has 3 rings (SSSR count). The first kappa shape index (κ1) is 20.7. The Morgan fingerprint density at radius 2 is 1.28 bits per heavy atom. The highest BCUT2D eigenvalue weighted by Crippen LogP contribution is 2.14. The molecule has 0 aromatic carbocycles. The van der Waals surface area contributed by atoms with Crippen molar-refractivity contribution in [2.24, 2.45) is 0 Å². The largest absolute Gasteiger partial charge is 0.314 e. The van der Waals surface area contributed by atoms with Crippen LogP contribution in [0.25, 0.3) is 0 Å². The van der Waals surface area contributed by atoms with E-state index in [1.54, 1.807) is 0 Å². The van der Waals surface area contributed by atoms with Crippen molar-refractivity contribution in [3.63, 3.8) is 0 Å². The molecule has 0 atom stereocenters. The Labute approximate surface area is 167 Å². The van der Waals surface area contributed by atoms with Crippen molar-refractivity contribution in [1.29, 1.82) is 0 Å². The highest BCUT2D eigenvalue weighted by molar-refractivity contribution is 5.30. The number of rotatable bonds is 6. The van der Waals surface area contributed by atoms with Crippen molar-refractivity contribution < 1.29 is 9.85 Å². The number of pyridine rings is 2. The molecular weight excluding hydrogens is 378 g/mol. The van der Waals surface area contributed by atoms with Gasteiger partial charge in [0.15, 0.2) is 0 Å². The van der Waals surface area contributed by atoms with Crippen LogP contribution >= 0.6 is 0 Å². The third kappa shape index (κ3) is 6.24. The third-order valence-corrected chi connectivity index (χ3v) is 4.74. The van der Waals surface area contributed by atoms with Gasteiger partial charge in [0, 0.05) is 89.0 Å². The fraction of sp³-hybridized carbons (Fsp3) is 0.444. The highest BCUT2D eigenvalue weighted by Gasteiger charge is 2.16. The summed E-state index contributed by atoms with van der Waals surface area (Å²) in [5, 5.41) is 25.3. The predicted molar refractivity (Wildman–Crippen MR) is 105 cm³/mol. The number of aromatic nitrogens is 2. The van der Waals surface area contributed by atoms with Crippen LogP contribution in [0.4, 0.5) is 11.4 Å². The van der Waals surface area contributed by atoms with Gasteiger partial charge in [-0.2, -0.15) is 0 Å². The third-order valence-electron chi connectivity index (χ3n) is 4.74. The van der Waals surface area contributed by atoms with Gasteiger partial charge in [0.2, 0.25) is 0 Å². The average molecular weight is 401 g/mol. The van der Waals surface area contributed by atoms with Gasteiger partial charge in [-0.1, -0.05) is 0 Å². The molecule has 1 N–H and O–H groups in total. The Hall–Kier alpha value is -3.02. The molecule has 0 amide bonds. The number of nitrogens with one attached hydrogen (secondary N) is 1. The zero-order chi connectivity index (χ0) is 20.6. The van der Waals surface area contributed by atoms with Crippen LogP contribution in [0.3, 0.4) is 0 Å². The quantitative estimate of drug-likeness (QED) is 0.560. The summed E-state index contributed by atoms with van der Waals surface area (Å²) in [4.78, 5) is 34.0. The zero-order valence-corrected chi connectivity index (χ0v) is 15.9.